The molecule has 0 bridgehead atoms. The molecule has 4 nitrogen and oxygen atoms in total. The molecule has 0 unspecified atom stereocenters. The zero-order valence-electron chi connectivity index (χ0n) is 8.49. The lowest BCUT2D eigenvalue weighted by Crippen LogP contribution is -1.98. The molecule has 2 rings (SSSR count). The summed E-state index contributed by atoms with van der Waals surface area (Å²) in [6, 6.07) is 7.18. The van der Waals surface area contributed by atoms with Crippen LogP contribution in [0.2, 0.25) is 5.02 Å². The number of hydrogen-bond donors (Lipinski definition) is 2. The Bertz CT molecular complexity index is 549. The minimum atomic E-state index is -1.08. The van der Waals surface area contributed by atoms with E-state index in [4.69, 9.17) is 16.7 Å². The van der Waals surface area contributed by atoms with Crippen LogP contribution in [-0.2, 0) is 0 Å². The third-order valence-electron chi connectivity index (χ3n) is 2.22. The maximum Gasteiger partial charge on any atom is 0.371 e. The molecular formula is C11H9ClN2O2. The molecule has 2 N–H and O–H groups in total. The average molecular weight is 237 g/mol. The van der Waals surface area contributed by atoms with Crippen LogP contribution in [0.4, 0.5) is 0 Å². The zero-order chi connectivity index (χ0) is 11.7. The van der Waals surface area contributed by atoms with Gasteiger partial charge in [0.2, 0.25) is 5.82 Å². The average Bonchev–Trinajstić information content (AvgIpc) is 2.61. The second-order valence-electron chi connectivity index (χ2n) is 3.34. The second-order valence-corrected chi connectivity index (χ2v) is 3.75. The van der Waals surface area contributed by atoms with E-state index in [-0.39, 0.29) is 5.82 Å². The summed E-state index contributed by atoms with van der Waals surface area (Å²) < 4.78 is 0. The molecule has 5 heteroatoms. The standard InChI is InChI=1S/C11H9ClN2O2/c1-6-9(14-10(13-6)11(15)16)7-4-2-3-5-8(7)12/h2-5H,1H3,(H,13,14)(H,15,16). The molecule has 0 radical (unpaired) electrons. The van der Waals surface area contributed by atoms with Crippen molar-refractivity contribution in [1.82, 2.24) is 9.97 Å². The van der Waals surface area contributed by atoms with E-state index in [1.165, 1.54) is 0 Å². The summed E-state index contributed by atoms with van der Waals surface area (Å²) in [7, 11) is 0. The first-order chi connectivity index (χ1) is 7.59. The number of aromatic nitrogens is 2. The van der Waals surface area contributed by atoms with E-state index in [9.17, 15) is 4.79 Å². The first-order valence-electron chi connectivity index (χ1n) is 4.64. The maximum atomic E-state index is 10.8. The van der Waals surface area contributed by atoms with Gasteiger partial charge in [0.25, 0.3) is 0 Å². The van der Waals surface area contributed by atoms with Crippen molar-refractivity contribution in [3.8, 4) is 11.3 Å². The van der Waals surface area contributed by atoms with Gasteiger partial charge in [-0.25, -0.2) is 9.78 Å². The number of rotatable bonds is 2. The van der Waals surface area contributed by atoms with E-state index in [1.54, 1.807) is 19.1 Å². The number of carboxylic acid groups (broad SMARTS) is 1. The van der Waals surface area contributed by atoms with Gasteiger partial charge in [-0.2, -0.15) is 0 Å². The highest BCUT2D eigenvalue weighted by molar-refractivity contribution is 6.33. The maximum absolute atomic E-state index is 10.8. The molecule has 0 atom stereocenters. The normalized spacial score (nSPS) is 10.4. The van der Waals surface area contributed by atoms with Gasteiger partial charge >= 0.3 is 5.97 Å². The lowest BCUT2D eigenvalue weighted by Gasteiger charge is -2.00. The smallest absolute Gasteiger partial charge is 0.371 e. The molecule has 16 heavy (non-hydrogen) atoms. The Hall–Kier alpha value is -1.81. The fraction of sp³-hybridized carbons (Fsp3) is 0.0909. The van der Waals surface area contributed by atoms with Crippen molar-refractivity contribution in [3.63, 3.8) is 0 Å². The summed E-state index contributed by atoms with van der Waals surface area (Å²) in [4.78, 5) is 17.5. The lowest BCUT2D eigenvalue weighted by molar-refractivity contribution is 0.0684. The Labute approximate surface area is 96.9 Å². The van der Waals surface area contributed by atoms with E-state index in [2.05, 4.69) is 9.97 Å². The van der Waals surface area contributed by atoms with Crippen LogP contribution in [0, 0.1) is 6.92 Å². The summed E-state index contributed by atoms with van der Waals surface area (Å²) in [5, 5.41) is 9.36. The van der Waals surface area contributed by atoms with Gasteiger partial charge in [-0.15, -0.1) is 0 Å². The Balaban J connectivity index is 2.57. The minimum Gasteiger partial charge on any atom is -0.475 e. The number of hydrogen-bond acceptors (Lipinski definition) is 2. The summed E-state index contributed by atoms with van der Waals surface area (Å²) in [5.74, 6) is -1.16. The number of H-pyrrole nitrogens is 1. The minimum absolute atomic E-state index is 0.0765. The quantitative estimate of drug-likeness (QED) is 0.843. The summed E-state index contributed by atoms with van der Waals surface area (Å²) >= 11 is 6.02. The van der Waals surface area contributed by atoms with E-state index < -0.39 is 5.97 Å². The van der Waals surface area contributed by atoms with Crippen molar-refractivity contribution in [1.29, 1.82) is 0 Å². The lowest BCUT2D eigenvalue weighted by atomic mass is 10.1. The van der Waals surface area contributed by atoms with Crippen molar-refractivity contribution >= 4 is 17.6 Å². The first-order valence-corrected chi connectivity index (χ1v) is 5.02. The van der Waals surface area contributed by atoms with E-state index in [0.717, 1.165) is 5.56 Å². The van der Waals surface area contributed by atoms with Crippen molar-refractivity contribution in [2.75, 3.05) is 0 Å². The van der Waals surface area contributed by atoms with Crippen molar-refractivity contribution in [3.05, 3.63) is 40.8 Å². The van der Waals surface area contributed by atoms with Gasteiger partial charge in [-0.1, -0.05) is 29.8 Å². The van der Waals surface area contributed by atoms with Gasteiger partial charge < -0.3 is 10.1 Å². The number of carboxylic acids is 1. The fourth-order valence-electron chi connectivity index (χ4n) is 1.48. The van der Waals surface area contributed by atoms with Crippen LogP contribution in [-0.4, -0.2) is 21.0 Å². The molecule has 2 aromatic rings. The highest BCUT2D eigenvalue weighted by atomic mass is 35.5. The van der Waals surface area contributed by atoms with Crippen molar-refractivity contribution in [2.45, 2.75) is 6.92 Å². The van der Waals surface area contributed by atoms with Gasteiger partial charge in [0.15, 0.2) is 0 Å². The predicted octanol–water partition coefficient (Wildman–Crippen LogP) is 2.74. The topological polar surface area (TPSA) is 66.0 Å². The molecule has 0 saturated carbocycles. The Morgan fingerprint density at radius 2 is 2.12 bits per heavy atom. The van der Waals surface area contributed by atoms with Crippen LogP contribution in [0.15, 0.2) is 24.3 Å². The SMILES string of the molecule is Cc1[nH]c(C(=O)O)nc1-c1ccccc1Cl. The number of halogens is 1. The number of imidazole rings is 1. The third-order valence-corrected chi connectivity index (χ3v) is 2.55. The largest absolute Gasteiger partial charge is 0.475 e. The molecule has 1 aromatic carbocycles. The summed E-state index contributed by atoms with van der Waals surface area (Å²) in [6.07, 6.45) is 0. The zero-order valence-corrected chi connectivity index (χ0v) is 9.25. The first kappa shape index (κ1) is 10.7. The monoisotopic (exact) mass is 236 g/mol. The highest BCUT2D eigenvalue weighted by Crippen LogP contribution is 2.28. The van der Waals surface area contributed by atoms with Gasteiger partial charge in [-0.3, -0.25) is 0 Å². The van der Waals surface area contributed by atoms with Gasteiger partial charge in [-0.05, 0) is 13.0 Å². The predicted molar refractivity (Wildman–Crippen MR) is 60.7 cm³/mol. The number of nitrogens with one attached hydrogen (secondary N) is 1. The third kappa shape index (κ3) is 1.79. The number of carbonyl (C=O) groups is 1. The molecule has 0 aliphatic carbocycles. The number of nitrogens with zero attached hydrogens (tertiary/aromatic N) is 1. The Morgan fingerprint density at radius 1 is 1.44 bits per heavy atom. The number of aromatic amines is 1. The number of benzene rings is 1. The molecule has 1 heterocycles. The van der Waals surface area contributed by atoms with Gasteiger partial charge in [0, 0.05) is 11.3 Å². The molecule has 0 spiro atoms. The highest BCUT2D eigenvalue weighted by Gasteiger charge is 2.15. The van der Waals surface area contributed by atoms with E-state index >= 15 is 0 Å². The van der Waals surface area contributed by atoms with Gasteiger partial charge in [0.05, 0.1) is 10.7 Å². The molecule has 0 fully saturated rings. The van der Waals surface area contributed by atoms with Crippen molar-refractivity contribution in [2.24, 2.45) is 0 Å². The van der Waals surface area contributed by atoms with Crippen LogP contribution in [0.5, 0.6) is 0 Å². The van der Waals surface area contributed by atoms with Crippen LogP contribution in [0.3, 0.4) is 0 Å². The second kappa shape index (κ2) is 3.98. The van der Waals surface area contributed by atoms with Crippen LogP contribution in [0.25, 0.3) is 11.3 Å². The van der Waals surface area contributed by atoms with Gasteiger partial charge in [0.1, 0.15) is 0 Å². The number of aryl methyl sites for hydroxylation is 1. The molecular weight excluding hydrogens is 228 g/mol. The Morgan fingerprint density at radius 3 is 2.69 bits per heavy atom. The van der Waals surface area contributed by atoms with Crippen LogP contribution >= 0.6 is 11.6 Å². The summed E-state index contributed by atoms with van der Waals surface area (Å²) in [6.45, 7) is 1.76. The van der Waals surface area contributed by atoms with Crippen LogP contribution in [0.1, 0.15) is 16.3 Å². The molecule has 0 aliphatic heterocycles. The molecule has 1 aromatic heterocycles. The van der Waals surface area contributed by atoms with Crippen molar-refractivity contribution < 1.29 is 9.90 Å². The summed E-state index contributed by atoms with van der Waals surface area (Å²) in [5.41, 5.74) is 1.99. The van der Waals surface area contributed by atoms with Crippen LogP contribution < -0.4 is 0 Å². The molecule has 0 aliphatic rings. The fourth-order valence-corrected chi connectivity index (χ4v) is 1.70. The molecule has 0 amide bonds. The van der Waals surface area contributed by atoms with E-state index in [1.807, 2.05) is 12.1 Å². The molecule has 0 saturated heterocycles. The number of aromatic carboxylic acids is 1. The Kier molecular flexibility index (Phi) is 2.66. The molecule has 82 valence electrons. The van der Waals surface area contributed by atoms with E-state index in [0.29, 0.717) is 16.4 Å².